The Morgan fingerprint density at radius 3 is 2.44 bits per heavy atom. The zero-order valence-electron chi connectivity index (χ0n) is 21.7. The highest BCUT2D eigenvalue weighted by atomic mass is 19.4. The number of hydrogen-bond acceptors (Lipinski definition) is 6. The average Bonchev–Trinajstić information content (AvgIpc) is 2.87. The number of hydrogen-bond donors (Lipinski definition) is 2. The third-order valence-electron chi connectivity index (χ3n) is 7.00. The summed E-state index contributed by atoms with van der Waals surface area (Å²) in [6, 6.07) is 6.55. The fourth-order valence-corrected chi connectivity index (χ4v) is 4.67. The highest BCUT2D eigenvalue weighted by Crippen LogP contribution is 2.37. The molecule has 2 atom stereocenters. The molecule has 1 saturated heterocycles. The van der Waals surface area contributed by atoms with E-state index in [0.717, 1.165) is 0 Å². The van der Waals surface area contributed by atoms with Gasteiger partial charge < -0.3 is 15.2 Å². The van der Waals surface area contributed by atoms with Crippen LogP contribution in [0, 0.1) is 24.1 Å². The van der Waals surface area contributed by atoms with Crippen molar-refractivity contribution in [1.29, 1.82) is 5.26 Å². The molecular formula is C27H26F4N6O2. The minimum atomic E-state index is -4.95. The number of likely N-dealkylation sites (N-methyl/N-ethyl adjacent to an activating group) is 1. The van der Waals surface area contributed by atoms with E-state index in [1.165, 1.54) is 18.3 Å². The van der Waals surface area contributed by atoms with Crippen molar-refractivity contribution in [2.45, 2.75) is 39.0 Å². The molecule has 0 saturated carbocycles. The topological polar surface area (TPSA) is 105 Å². The molecule has 1 fully saturated rings. The van der Waals surface area contributed by atoms with E-state index in [1.54, 1.807) is 13.0 Å². The maximum atomic E-state index is 15.6. The van der Waals surface area contributed by atoms with Crippen LogP contribution < -0.4 is 15.8 Å². The molecule has 8 nitrogen and oxygen atoms in total. The number of alkyl halides is 3. The molecule has 2 aromatic heterocycles. The number of amides is 1. The third-order valence-corrected chi connectivity index (χ3v) is 7.00. The van der Waals surface area contributed by atoms with Crippen molar-refractivity contribution in [2.24, 2.45) is 0 Å². The van der Waals surface area contributed by atoms with E-state index in [0.29, 0.717) is 42.2 Å². The minimum absolute atomic E-state index is 0.0434. The number of nitrogens with one attached hydrogen (secondary N) is 2. The molecule has 1 amide bonds. The van der Waals surface area contributed by atoms with Gasteiger partial charge in [0.25, 0.3) is 5.91 Å². The normalized spacial score (nSPS) is 18.1. The smallest absolute Gasteiger partial charge is 0.367 e. The number of H-pyrrole nitrogens is 1. The van der Waals surface area contributed by atoms with Gasteiger partial charge in [-0.1, -0.05) is 0 Å². The SMILES string of the molecule is Cc1cc(-c2cc(NC(=O)c3c[nH]c(=O)cc3C(F)(F)F)c(N3CC(C)N(C)C(C)C3)cc2F)cnc1C#N. The Bertz CT molecular complexity index is 1520. The molecule has 1 aromatic carbocycles. The van der Waals surface area contributed by atoms with Crippen molar-refractivity contribution < 1.29 is 22.4 Å². The molecule has 3 aromatic rings. The quantitative estimate of drug-likeness (QED) is 0.469. The second-order valence-electron chi connectivity index (χ2n) is 9.70. The number of aromatic nitrogens is 2. The van der Waals surface area contributed by atoms with Gasteiger partial charge in [-0.15, -0.1) is 0 Å². The molecule has 204 valence electrons. The lowest BCUT2D eigenvalue weighted by atomic mass is 10.0. The van der Waals surface area contributed by atoms with Crippen LogP contribution in [0.2, 0.25) is 0 Å². The molecule has 4 rings (SSSR count). The summed E-state index contributed by atoms with van der Waals surface area (Å²) in [4.78, 5) is 34.9. The van der Waals surface area contributed by atoms with Crippen LogP contribution in [0.1, 0.15) is 41.0 Å². The maximum Gasteiger partial charge on any atom is 0.417 e. The summed E-state index contributed by atoms with van der Waals surface area (Å²) in [6.45, 7) is 6.59. The lowest BCUT2D eigenvalue weighted by molar-refractivity contribution is -0.138. The summed E-state index contributed by atoms with van der Waals surface area (Å²) in [5, 5.41) is 11.7. The van der Waals surface area contributed by atoms with Crippen LogP contribution in [-0.2, 0) is 6.18 Å². The van der Waals surface area contributed by atoms with E-state index >= 15 is 4.39 Å². The molecule has 3 heterocycles. The van der Waals surface area contributed by atoms with E-state index in [1.807, 2.05) is 31.9 Å². The van der Waals surface area contributed by atoms with Crippen molar-refractivity contribution in [3.63, 3.8) is 0 Å². The average molecular weight is 543 g/mol. The number of pyridine rings is 2. The van der Waals surface area contributed by atoms with Gasteiger partial charge >= 0.3 is 6.18 Å². The molecule has 12 heteroatoms. The predicted molar refractivity (Wildman–Crippen MR) is 138 cm³/mol. The van der Waals surface area contributed by atoms with E-state index in [-0.39, 0.29) is 29.0 Å². The number of halogens is 4. The largest absolute Gasteiger partial charge is 0.417 e. The predicted octanol–water partition coefficient (Wildman–Crippen LogP) is 4.56. The first-order chi connectivity index (χ1) is 18.3. The standard InChI is InChI=1S/C27H26F4N6O2/c1-14-5-17(10-33-23(14)9-32)18-6-22(24(8-21(18)28)37-12-15(2)36(4)16(3)13-37)35-26(39)19-11-34-25(38)7-20(19)27(29,30)31/h5-8,10-11,15-16H,12-13H2,1-4H3,(H,34,38)(H,35,39). The number of piperazine rings is 1. The Balaban J connectivity index is 1.84. The molecule has 0 bridgehead atoms. The highest BCUT2D eigenvalue weighted by molar-refractivity contribution is 6.07. The van der Waals surface area contributed by atoms with Crippen molar-refractivity contribution in [3.05, 3.63) is 75.2 Å². The summed E-state index contributed by atoms with van der Waals surface area (Å²) in [6.07, 6.45) is -2.93. The second-order valence-corrected chi connectivity index (χ2v) is 9.70. The van der Waals surface area contributed by atoms with E-state index < -0.39 is 34.6 Å². The second kappa shape index (κ2) is 10.5. The fraction of sp³-hybridized carbons (Fsp3) is 0.333. The molecule has 2 unspecified atom stereocenters. The van der Waals surface area contributed by atoms with Crippen LogP contribution >= 0.6 is 0 Å². The Morgan fingerprint density at radius 2 is 1.85 bits per heavy atom. The molecule has 2 N–H and O–H groups in total. The van der Waals surface area contributed by atoms with Crippen molar-refractivity contribution >= 4 is 17.3 Å². The molecule has 1 aliphatic heterocycles. The Kier molecular flexibility index (Phi) is 7.48. The van der Waals surface area contributed by atoms with Crippen LogP contribution in [0.3, 0.4) is 0 Å². The molecule has 0 aliphatic carbocycles. The Hall–Kier alpha value is -4.24. The number of nitrogens with zero attached hydrogens (tertiary/aromatic N) is 4. The fourth-order valence-electron chi connectivity index (χ4n) is 4.67. The van der Waals surface area contributed by atoms with E-state index in [4.69, 9.17) is 0 Å². The summed E-state index contributed by atoms with van der Waals surface area (Å²) in [5.74, 6) is -1.75. The third kappa shape index (κ3) is 5.63. The van der Waals surface area contributed by atoms with Gasteiger partial charge in [-0.25, -0.2) is 9.37 Å². The van der Waals surface area contributed by atoms with Gasteiger partial charge in [0, 0.05) is 54.8 Å². The first kappa shape index (κ1) is 27.8. The molecule has 0 spiro atoms. The number of rotatable bonds is 4. The number of aryl methyl sites for hydroxylation is 1. The zero-order valence-corrected chi connectivity index (χ0v) is 21.7. The maximum absolute atomic E-state index is 15.6. The highest BCUT2D eigenvalue weighted by Gasteiger charge is 2.36. The minimum Gasteiger partial charge on any atom is -0.367 e. The van der Waals surface area contributed by atoms with Gasteiger partial charge in [-0.2, -0.15) is 18.4 Å². The van der Waals surface area contributed by atoms with Crippen LogP contribution in [0.25, 0.3) is 11.1 Å². The number of nitriles is 1. The van der Waals surface area contributed by atoms with Gasteiger partial charge in [0.05, 0.1) is 22.5 Å². The summed E-state index contributed by atoms with van der Waals surface area (Å²) < 4.78 is 56.4. The van der Waals surface area contributed by atoms with E-state index in [2.05, 4.69) is 20.2 Å². The number of benzene rings is 1. The van der Waals surface area contributed by atoms with Crippen LogP contribution in [0.4, 0.5) is 28.9 Å². The number of aromatic amines is 1. The molecule has 39 heavy (non-hydrogen) atoms. The summed E-state index contributed by atoms with van der Waals surface area (Å²) in [7, 11) is 1.97. The Morgan fingerprint density at radius 1 is 1.18 bits per heavy atom. The lowest BCUT2D eigenvalue weighted by Crippen LogP contribution is -2.55. The lowest BCUT2D eigenvalue weighted by Gasteiger charge is -2.44. The Labute approximate surface area is 221 Å². The summed E-state index contributed by atoms with van der Waals surface area (Å²) in [5.41, 5.74) is -1.75. The van der Waals surface area contributed by atoms with Crippen LogP contribution in [0.5, 0.6) is 0 Å². The molecule has 0 radical (unpaired) electrons. The van der Waals surface area contributed by atoms with Gasteiger partial charge in [0.2, 0.25) is 5.56 Å². The van der Waals surface area contributed by atoms with Crippen molar-refractivity contribution in [2.75, 3.05) is 30.4 Å². The summed E-state index contributed by atoms with van der Waals surface area (Å²) >= 11 is 0. The van der Waals surface area contributed by atoms with Crippen LogP contribution in [0.15, 0.2) is 41.5 Å². The number of anilines is 2. The van der Waals surface area contributed by atoms with Gasteiger partial charge in [0.15, 0.2) is 0 Å². The van der Waals surface area contributed by atoms with Gasteiger partial charge in [0.1, 0.15) is 17.6 Å². The van der Waals surface area contributed by atoms with Gasteiger partial charge in [-0.3, -0.25) is 14.5 Å². The van der Waals surface area contributed by atoms with E-state index in [9.17, 15) is 28.0 Å². The van der Waals surface area contributed by atoms with Gasteiger partial charge in [-0.05, 0) is 51.6 Å². The molecular weight excluding hydrogens is 516 g/mol. The monoisotopic (exact) mass is 542 g/mol. The zero-order chi connectivity index (χ0) is 28.6. The number of carbonyl (C=O) groups is 1. The number of carbonyl (C=O) groups excluding carboxylic acids is 1. The van der Waals surface area contributed by atoms with Crippen molar-refractivity contribution in [3.8, 4) is 17.2 Å². The first-order valence-corrected chi connectivity index (χ1v) is 12.1. The van der Waals surface area contributed by atoms with Crippen LogP contribution in [-0.4, -0.2) is 53.0 Å². The first-order valence-electron chi connectivity index (χ1n) is 12.1. The van der Waals surface area contributed by atoms with Crippen molar-refractivity contribution in [1.82, 2.24) is 14.9 Å². The molecule has 1 aliphatic rings.